The number of rotatable bonds is 6. The molecule has 2 rings (SSSR count). The Kier molecular flexibility index (Phi) is 7.18. The molecular formula is C21H23ClN2O4. The van der Waals surface area contributed by atoms with E-state index in [0.29, 0.717) is 16.3 Å². The Labute approximate surface area is 169 Å². The van der Waals surface area contributed by atoms with E-state index in [9.17, 15) is 14.4 Å². The van der Waals surface area contributed by atoms with Crippen LogP contribution in [0.2, 0.25) is 5.02 Å². The summed E-state index contributed by atoms with van der Waals surface area (Å²) in [5, 5.41) is 5.60. The summed E-state index contributed by atoms with van der Waals surface area (Å²) in [5.74, 6) is -1.58. The molecule has 0 fully saturated rings. The average molecular weight is 403 g/mol. The van der Waals surface area contributed by atoms with Crippen molar-refractivity contribution < 1.29 is 19.1 Å². The van der Waals surface area contributed by atoms with E-state index in [1.54, 1.807) is 36.4 Å². The van der Waals surface area contributed by atoms with Gasteiger partial charge in [0.25, 0.3) is 11.8 Å². The molecule has 0 unspecified atom stereocenters. The van der Waals surface area contributed by atoms with Crippen molar-refractivity contribution in [3.8, 4) is 0 Å². The maximum atomic E-state index is 12.1. The van der Waals surface area contributed by atoms with E-state index in [1.807, 2.05) is 12.1 Å². The van der Waals surface area contributed by atoms with Crippen LogP contribution in [0.3, 0.4) is 0 Å². The Morgan fingerprint density at radius 3 is 2.14 bits per heavy atom. The van der Waals surface area contributed by atoms with Crippen LogP contribution in [-0.4, -0.2) is 30.9 Å². The highest BCUT2D eigenvalue weighted by atomic mass is 35.5. The van der Waals surface area contributed by atoms with Crippen LogP contribution >= 0.6 is 11.6 Å². The molecule has 0 saturated heterocycles. The highest BCUT2D eigenvalue weighted by Gasteiger charge is 2.15. The van der Waals surface area contributed by atoms with Gasteiger partial charge in [-0.15, -0.1) is 0 Å². The van der Waals surface area contributed by atoms with Crippen LogP contribution in [0.5, 0.6) is 0 Å². The fraction of sp³-hybridized carbons (Fsp3) is 0.286. The minimum Gasteiger partial charge on any atom is -0.454 e. The second-order valence-electron chi connectivity index (χ2n) is 7.23. The van der Waals surface area contributed by atoms with Crippen LogP contribution in [0.25, 0.3) is 0 Å². The summed E-state index contributed by atoms with van der Waals surface area (Å²) in [7, 11) is 0. The van der Waals surface area contributed by atoms with Gasteiger partial charge in [-0.05, 0) is 47.4 Å². The molecule has 2 aromatic carbocycles. The normalized spacial score (nSPS) is 10.9. The molecule has 2 N–H and O–H groups in total. The zero-order valence-corrected chi connectivity index (χ0v) is 16.8. The highest BCUT2D eigenvalue weighted by molar-refractivity contribution is 6.30. The van der Waals surface area contributed by atoms with Crippen molar-refractivity contribution in [2.24, 2.45) is 0 Å². The van der Waals surface area contributed by atoms with Gasteiger partial charge in [0.2, 0.25) is 0 Å². The minimum absolute atomic E-state index is 0.00854. The lowest BCUT2D eigenvalue weighted by atomic mass is 9.87. The van der Waals surface area contributed by atoms with Gasteiger partial charge in [-0.25, -0.2) is 0 Å². The molecule has 0 bridgehead atoms. The minimum atomic E-state index is -0.703. The van der Waals surface area contributed by atoms with Gasteiger partial charge < -0.3 is 15.4 Å². The maximum absolute atomic E-state index is 12.1. The Morgan fingerprint density at radius 2 is 1.57 bits per heavy atom. The second kappa shape index (κ2) is 9.37. The predicted octanol–water partition coefficient (Wildman–Crippen LogP) is 3.55. The van der Waals surface area contributed by atoms with Crippen LogP contribution in [0, 0.1) is 0 Å². The number of anilines is 1. The average Bonchev–Trinajstić information content (AvgIpc) is 2.65. The van der Waals surface area contributed by atoms with Crippen molar-refractivity contribution >= 4 is 35.1 Å². The molecule has 0 aliphatic carbocycles. The summed E-state index contributed by atoms with van der Waals surface area (Å²) in [5.41, 5.74) is 2.08. The van der Waals surface area contributed by atoms with Crippen LogP contribution in [0.15, 0.2) is 48.5 Å². The largest absolute Gasteiger partial charge is 0.454 e. The number of halogens is 1. The fourth-order valence-electron chi connectivity index (χ4n) is 2.30. The van der Waals surface area contributed by atoms with Crippen LogP contribution in [0.1, 0.15) is 36.7 Å². The molecule has 0 aromatic heterocycles. The third-order valence-corrected chi connectivity index (χ3v) is 4.15. The van der Waals surface area contributed by atoms with Gasteiger partial charge >= 0.3 is 5.97 Å². The Balaban J connectivity index is 1.74. The molecule has 2 amide bonds. The number of hydrogen-bond donors (Lipinski definition) is 2. The Hall–Kier alpha value is -2.86. The van der Waals surface area contributed by atoms with Crippen molar-refractivity contribution in [2.75, 3.05) is 18.5 Å². The molecule has 0 spiro atoms. The zero-order chi connectivity index (χ0) is 20.7. The second-order valence-corrected chi connectivity index (χ2v) is 7.66. The van der Waals surface area contributed by atoms with E-state index < -0.39 is 18.5 Å². The molecule has 28 heavy (non-hydrogen) atoms. The number of benzene rings is 2. The molecule has 7 heteroatoms. The first-order valence-corrected chi connectivity index (χ1v) is 9.13. The van der Waals surface area contributed by atoms with Gasteiger partial charge in [-0.1, -0.05) is 44.5 Å². The van der Waals surface area contributed by atoms with Crippen molar-refractivity contribution in [3.63, 3.8) is 0 Å². The van der Waals surface area contributed by atoms with Crippen molar-refractivity contribution in [3.05, 3.63) is 64.7 Å². The smallest absolute Gasteiger partial charge is 0.325 e. The molecule has 0 radical (unpaired) electrons. The van der Waals surface area contributed by atoms with E-state index in [-0.39, 0.29) is 17.9 Å². The molecule has 0 heterocycles. The summed E-state index contributed by atoms with van der Waals surface area (Å²) in [4.78, 5) is 35.6. The number of nitrogens with one attached hydrogen (secondary N) is 2. The quantitative estimate of drug-likeness (QED) is 0.723. The Morgan fingerprint density at radius 1 is 0.964 bits per heavy atom. The number of amides is 2. The number of hydrogen-bond acceptors (Lipinski definition) is 4. The van der Waals surface area contributed by atoms with E-state index in [0.717, 1.165) is 5.56 Å². The van der Waals surface area contributed by atoms with Crippen molar-refractivity contribution in [1.29, 1.82) is 0 Å². The first-order chi connectivity index (χ1) is 13.1. The molecule has 0 aliphatic rings. The summed E-state index contributed by atoms with van der Waals surface area (Å²) in [6, 6.07) is 13.7. The lowest BCUT2D eigenvalue weighted by molar-refractivity contribution is -0.146. The maximum Gasteiger partial charge on any atom is 0.325 e. The van der Waals surface area contributed by atoms with Gasteiger partial charge in [0.1, 0.15) is 6.54 Å². The van der Waals surface area contributed by atoms with Gasteiger partial charge in [0.05, 0.1) is 0 Å². The summed E-state index contributed by atoms with van der Waals surface area (Å²) in [6.07, 6.45) is 0. The molecule has 148 valence electrons. The fourth-order valence-corrected chi connectivity index (χ4v) is 2.43. The molecule has 0 saturated carbocycles. The molecular weight excluding hydrogens is 380 g/mol. The summed E-state index contributed by atoms with van der Waals surface area (Å²) >= 11 is 5.77. The lowest BCUT2D eigenvalue weighted by Gasteiger charge is -2.19. The van der Waals surface area contributed by atoms with Gasteiger partial charge in [0, 0.05) is 16.3 Å². The standard InChI is InChI=1S/C21H23ClN2O4/c1-21(2,3)15-6-4-14(5-7-15)20(27)23-12-19(26)28-13-18(25)24-17-10-8-16(22)9-11-17/h4-11H,12-13H2,1-3H3,(H,23,27)(H,24,25). The number of carbonyl (C=O) groups is 3. The van der Waals surface area contributed by atoms with E-state index in [4.69, 9.17) is 16.3 Å². The SMILES string of the molecule is CC(C)(C)c1ccc(C(=O)NCC(=O)OCC(=O)Nc2ccc(Cl)cc2)cc1. The number of ether oxygens (including phenoxy) is 1. The third-order valence-electron chi connectivity index (χ3n) is 3.90. The van der Waals surface area contributed by atoms with E-state index in [1.165, 1.54) is 0 Å². The first kappa shape index (κ1) is 21.4. The topological polar surface area (TPSA) is 84.5 Å². The Bertz CT molecular complexity index is 840. The van der Waals surface area contributed by atoms with Crippen LogP contribution in [0.4, 0.5) is 5.69 Å². The summed E-state index contributed by atoms with van der Waals surface area (Å²) < 4.78 is 4.86. The van der Waals surface area contributed by atoms with E-state index >= 15 is 0 Å². The highest BCUT2D eigenvalue weighted by Crippen LogP contribution is 2.22. The van der Waals surface area contributed by atoms with Crippen LogP contribution in [-0.2, 0) is 19.7 Å². The predicted molar refractivity (Wildman–Crippen MR) is 109 cm³/mol. The van der Waals surface area contributed by atoms with Gasteiger partial charge in [-0.3, -0.25) is 14.4 Å². The summed E-state index contributed by atoms with van der Waals surface area (Å²) in [6.45, 7) is 5.48. The number of carbonyl (C=O) groups excluding carboxylic acids is 3. The van der Waals surface area contributed by atoms with Crippen molar-refractivity contribution in [2.45, 2.75) is 26.2 Å². The number of esters is 1. The zero-order valence-electron chi connectivity index (χ0n) is 16.0. The molecule has 0 atom stereocenters. The van der Waals surface area contributed by atoms with Crippen molar-refractivity contribution in [1.82, 2.24) is 5.32 Å². The van der Waals surface area contributed by atoms with Crippen LogP contribution < -0.4 is 10.6 Å². The molecule has 6 nitrogen and oxygen atoms in total. The third kappa shape index (κ3) is 6.70. The molecule has 2 aromatic rings. The lowest BCUT2D eigenvalue weighted by Crippen LogP contribution is -2.32. The van der Waals surface area contributed by atoms with E-state index in [2.05, 4.69) is 31.4 Å². The van der Waals surface area contributed by atoms with Gasteiger partial charge in [-0.2, -0.15) is 0 Å². The molecule has 0 aliphatic heterocycles. The monoisotopic (exact) mass is 402 g/mol. The van der Waals surface area contributed by atoms with Gasteiger partial charge in [0.15, 0.2) is 6.61 Å². The first-order valence-electron chi connectivity index (χ1n) is 8.75.